The van der Waals surface area contributed by atoms with Crippen molar-refractivity contribution in [3.05, 3.63) is 48.2 Å². The summed E-state index contributed by atoms with van der Waals surface area (Å²) in [4.78, 5) is 39.4. The van der Waals surface area contributed by atoms with Gasteiger partial charge in [0, 0.05) is 97.1 Å². The van der Waals surface area contributed by atoms with Gasteiger partial charge in [0.1, 0.15) is 17.5 Å². The molecule has 3 aliphatic rings. The van der Waals surface area contributed by atoms with Crippen LogP contribution >= 0.6 is 0 Å². The van der Waals surface area contributed by atoms with Crippen LogP contribution in [0.15, 0.2) is 48.2 Å². The molecule has 1 amide bonds. The third-order valence-electron chi connectivity index (χ3n) is 12.7. The van der Waals surface area contributed by atoms with Gasteiger partial charge in [-0.3, -0.25) is 9.59 Å². The van der Waals surface area contributed by atoms with Gasteiger partial charge < -0.3 is 53.4 Å². The molecule has 1 fully saturated rings. The molecule has 14 nitrogen and oxygen atoms in total. The van der Waals surface area contributed by atoms with Crippen molar-refractivity contribution in [2.24, 2.45) is 29.6 Å². The van der Waals surface area contributed by atoms with Crippen molar-refractivity contribution in [3.8, 4) is 0 Å². The van der Waals surface area contributed by atoms with Crippen molar-refractivity contribution in [3.63, 3.8) is 0 Å². The summed E-state index contributed by atoms with van der Waals surface area (Å²) < 4.78 is 42.7. The fourth-order valence-electron chi connectivity index (χ4n) is 8.69. The molecule has 3 rings (SSSR count). The van der Waals surface area contributed by atoms with E-state index in [2.05, 4.69) is 0 Å². The van der Waals surface area contributed by atoms with Gasteiger partial charge >= 0.3 is 5.97 Å². The number of nitrogens with zero attached hydrogens (tertiary/aromatic N) is 1. The predicted octanol–water partition coefficient (Wildman–Crippen LogP) is 4.34. The van der Waals surface area contributed by atoms with Crippen molar-refractivity contribution in [1.82, 2.24) is 4.90 Å². The highest BCUT2D eigenvalue weighted by atomic mass is 16.6. The lowest BCUT2D eigenvalue weighted by Gasteiger charge is -2.39. The molecule has 0 aromatic heterocycles. The van der Waals surface area contributed by atoms with Crippen LogP contribution in [0, 0.1) is 29.6 Å². The van der Waals surface area contributed by atoms with Crippen molar-refractivity contribution < 1.29 is 62.9 Å². The highest BCUT2D eigenvalue weighted by molar-refractivity contribution is 5.82. The second-order valence-corrected chi connectivity index (χ2v) is 17.0. The Morgan fingerprint density at radius 1 is 1.03 bits per heavy atom. The lowest BCUT2D eigenvalue weighted by Crippen LogP contribution is -2.50. The van der Waals surface area contributed by atoms with E-state index >= 15 is 0 Å². The van der Waals surface area contributed by atoms with Gasteiger partial charge in [-0.25, -0.2) is 4.79 Å². The molecule has 14 heteroatoms. The summed E-state index contributed by atoms with van der Waals surface area (Å²) >= 11 is 0. The Hall–Kier alpha value is -2.79. The van der Waals surface area contributed by atoms with E-state index in [9.17, 15) is 29.7 Å². The average molecular weight is 836 g/mol. The zero-order valence-corrected chi connectivity index (χ0v) is 37.1. The smallest absolute Gasteiger partial charge is 0.331 e. The predicted molar refractivity (Wildman–Crippen MR) is 222 cm³/mol. The van der Waals surface area contributed by atoms with Crippen molar-refractivity contribution in [2.45, 2.75) is 147 Å². The fourth-order valence-corrected chi connectivity index (χ4v) is 8.69. The van der Waals surface area contributed by atoms with Crippen molar-refractivity contribution in [2.75, 3.05) is 42.1 Å². The first-order valence-corrected chi connectivity index (χ1v) is 21.0. The number of fused-ring (bicyclic) bond motifs is 2. The number of aliphatic hydroxyl groups excluding tert-OH is 3. The van der Waals surface area contributed by atoms with Crippen molar-refractivity contribution in [1.29, 1.82) is 0 Å². The minimum absolute atomic E-state index is 0.0111. The monoisotopic (exact) mass is 836 g/mol. The van der Waals surface area contributed by atoms with Gasteiger partial charge in [-0.2, -0.15) is 0 Å². The minimum Gasteiger partial charge on any atom is -0.458 e. The molecule has 0 saturated carbocycles. The van der Waals surface area contributed by atoms with Gasteiger partial charge in [-0.15, -0.1) is 0 Å². The molecule has 0 aliphatic carbocycles. The first-order valence-electron chi connectivity index (χ1n) is 21.0. The SMILES string of the molecule is CO[C@H]([C@H](C)/C=C/N(C)C=O)[C@@H](C)C(=O)CC[C@H](C)[C@H](O)[C@H](C)[C@H]1OC(=O)C=C/C(C)=C/[C@H](O)[C@H](O)C[C@@H]2C=CC[C@@H](C[C@H](OC)[C@@]3(CO3)[C@@H](OC)C[C@@H](OC)[C@@H]1C)O2. The molecule has 3 aliphatic heterocycles. The Balaban J connectivity index is 1.89. The van der Waals surface area contributed by atoms with Gasteiger partial charge in [0.2, 0.25) is 6.41 Å². The van der Waals surface area contributed by atoms with E-state index in [4.69, 9.17) is 33.2 Å². The van der Waals surface area contributed by atoms with Crippen LogP contribution in [0.2, 0.25) is 0 Å². The number of aliphatic hydroxyl groups is 3. The summed E-state index contributed by atoms with van der Waals surface area (Å²) in [6.07, 6.45) is 8.00. The van der Waals surface area contributed by atoms with Crippen LogP contribution in [0.1, 0.15) is 80.1 Å². The van der Waals surface area contributed by atoms with E-state index in [-0.39, 0.29) is 36.6 Å². The molecule has 0 radical (unpaired) electrons. The molecular weight excluding hydrogens is 762 g/mol. The number of allylic oxidation sites excluding steroid dienone is 2. The van der Waals surface area contributed by atoms with Gasteiger partial charge in [0.05, 0.1) is 61.5 Å². The number of hydrogen-bond donors (Lipinski definition) is 3. The summed E-state index contributed by atoms with van der Waals surface area (Å²) in [5.41, 5.74) is -0.255. The molecule has 0 aromatic rings. The van der Waals surface area contributed by atoms with Crippen LogP contribution in [0.4, 0.5) is 0 Å². The van der Waals surface area contributed by atoms with Crippen molar-refractivity contribution >= 4 is 18.2 Å². The molecule has 0 aromatic carbocycles. The maximum absolute atomic E-state index is 13.5. The lowest BCUT2D eigenvalue weighted by molar-refractivity contribution is -0.159. The maximum Gasteiger partial charge on any atom is 0.331 e. The second-order valence-electron chi connectivity index (χ2n) is 17.0. The lowest BCUT2D eigenvalue weighted by atomic mass is 9.78. The number of methoxy groups -OCH3 is 4. The number of hydrogen-bond acceptors (Lipinski definition) is 13. The highest BCUT2D eigenvalue weighted by Crippen LogP contribution is 2.43. The molecule has 1 spiro atoms. The van der Waals surface area contributed by atoms with E-state index in [1.807, 2.05) is 52.8 Å². The largest absolute Gasteiger partial charge is 0.458 e. The first kappa shape index (κ1) is 50.6. The number of cyclic esters (lactones) is 1. The van der Waals surface area contributed by atoms with E-state index in [1.165, 1.54) is 23.1 Å². The number of ketones is 1. The fraction of sp³-hybridized carbons (Fsp3) is 0.756. The minimum atomic E-state index is -1.21. The summed E-state index contributed by atoms with van der Waals surface area (Å²) in [6.45, 7) is 11.5. The van der Waals surface area contributed by atoms with Gasteiger partial charge in [-0.05, 0) is 25.7 Å². The van der Waals surface area contributed by atoms with Crippen LogP contribution in [-0.2, 0) is 47.5 Å². The Bertz CT molecular complexity index is 1440. The third-order valence-corrected chi connectivity index (χ3v) is 12.7. The number of rotatable bonds is 16. The molecule has 3 N–H and O–H groups in total. The van der Waals surface area contributed by atoms with Gasteiger partial charge in [0.15, 0.2) is 0 Å². The zero-order chi connectivity index (χ0) is 44.0. The van der Waals surface area contributed by atoms with Gasteiger partial charge in [-0.1, -0.05) is 70.6 Å². The maximum atomic E-state index is 13.5. The summed E-state index contributed by atoms with van der Waals surface area (Å²) in [6, 6.07) is 0. The number of carbonyl (C=O) groups is 3. The van der Waals surface area contributed by atoms with Gasteiger partial charge in [0.25, 0.3) is 0 Å². The van der Waals surface area contributed by atoms with E-state index in [0.717, 1.165) is 0 Å². The molecule has 16 atom stereocenters. The number of ether oxygens (including phenoxy) is 7. The number of amides is 1. The van der Waals surface area contributed by atoms with Crippen LogP contribution in [0.3, 0.4) is 0 Å². The Morgan fingerprint density at radius 3 is 2.29 bits per heavy atom. The normalized spacial score (nSPS) is 35.1. The topological polar surface area (TPSA) is 183 Å². The number of carbonyl (C=O) groups excluding carboxylic acids is 3. The quantitative estimate of drug-likeness (QED) is 0.0865. The van der Waals surface area contributed by atoms with Crippen LogP contribution < -0.4 is 0 Å². The highest BCUT2D eigenvalue weighted by Gasteiger charge is 2.59. The average Bonchev–Trinajstić information content (AvgIpc) is 4.03. The molecule has 0 unspecified atom stereocenters. The summed E-state index contributed by atoms with van der Waals surface area (Å²) in [7, 11) is 8.03. The van der Waals surface area contributed by atoms with Crippen LogP contribution in [0.5, 0.6) is 0 Å². The number of epoxide rings is 1. The zero-order valence-electron chi connectivity index (χ0n) is 37.1. The molecular formula is C45H73NO13. The van der Waals surface area contributed by atoms with E-state index in [1.54, 1.807) is 48.6 Å². The Kier molecular flexibility index (Phi) is 20.6. The van der Waals surface area contributed by atoms with E-state index in [0.29, 0.717) is 44.3 Å². The molecule has 336 valence electrons. The van der Waals surface area contributed by atoms with E-state index < -0.39 is 84.3 Å². The molecule has 3 heterocycles. The molecule has 59 heavy (non-hydrogen) atoms. The Labute approximate surface area is 351 Å². The number of esters is 1. The second kappa shape index (κ2) is 24.0. The summed E-state index contributed by atoms with van der Waals surface area (Å²) in [5.74, 6) is -2.65. The van der Waals surface area contributed by atoms with Crippen LogP contribution in [-0.4, -0.2) is 147 Å². The first-order chi connectivity index (χ1) is 28.0. The standard InChI is InChI=1S/C45H73NO13/c1-27-15-18-41(51)59-44(32(6)42(52)28(2)16-17-35(48)30(4)43(56-11)29(3)19-20-46(7)26-47)31(5)38(53-8)24-40(55-10)45(25-57-45)39(54-9)23-34-14-12-13-33(58-34)22-37(50)36(49)21-27/h12-13,15,18-21,26,28-34,36-40,42-44,49-50,52H,14,16-17,22-25H2,1-11H3/b18-15?,20-19+,27-21+/t28-,29+,30-,31-,32-,33-,34-,36-,37+,38+,39-,40-,42-,43+,44-,45-/m0/s1. The molecule has 1 saturated heterocycles. The van der Waals surface area contributed by atoms with Crippen LogP contribution in [0.25, 0.3) is 0 Å². The molecule has 2 bridgehead atoms. The Morgan fingerprint density at radius 2 is 1.69 bits per heavy atom. The summed E-state index contributed by atoms with van der Waals surface area (Å²) in [5, 5.41) is 33.6. The number of Topliss-reactive ketones (excluding diaryl/α,β-unsaturated/α-hetero) is 1. The third kappa shape index (κ3) is 14.1.